The van der Waals surface area contributed by atoms with Crippen LogP contribution in [0.3, 0.4) is 0 Å². The molecule has 1 aromatic carbocycles. The Labute approximate surface area is 119 Å². The first-order chi connectivity index (χ1) is 9.35. The van der Waals surface area contributed by atoms with Crippen molar-refractivity contribution in [3.05, 3.63) is 29.3 Å². The number of aldehydes is 1. The molecule has 110 valence electrons. The molecule has 0 aromatic heterocycles. The van der Waals surface area contributed by atoms with Crippen molar-refractivity contribution in [2.45, 2.75) is 32.8 Å². The third-order valence-electron chi connectivity index (χ3n) is 2.54. The standard InChI is InChI=1S/C15H21NO4/c1-15(2,3)20-14(18)16-8-7-11-5-6-13(19-4)9-12(11)10-17/h5-6,9-10H,7-8H2,1-4H3,(H,16,18). The summed E-state index contributed by atoms with van der Waals surface area (Å²) in [5.41, 5.74) is 0.908. The quantitative estimate of drug-likeness (QED) is 0.841. The number of amides is 1. The van der Waals surface area contributed by atoms with E-state index in [0.29, 0.717) is 24.3 Å². The van der Waals surface area contributed by atoms with Gasteiger partial charge in [-0.15, -0.1) is 0 Å². The summed E-state index contributed by atoms with van der Waals surface area (Å²) in [6.07, 6.45) is 0.876. The molecule has 0 aliphatic rings. The molecule has 1 rings (SSSR count). The molecule has 1 N–H and O–H groups in total. The van der Waals surface area contributed by atoms with Crippen LogP contribution in [0.4, 0.5) is 4.79 Å². The van der Waals surface area contributed by atoms with Crippen molar-refractivity contribution in [1.29, 1.82) is 0 Å². The average molecular weight is 279 g/mol. The molecule has 1 amide bonds. The van der Waals surface area contributed by atoms with Crippen LogP contribution in [-0.2, 0) is 11.2 Å². The number of carbonyl (C=O) groups is 2. The molecule has 0 saturated heterocycles. The Hall–Kier alpha value is -2.04. The minimum atomic E-state index is -0.516. The van der Waals surface area contributed by atoms with Gasteiger partial charge in [-0.05, 0) is 44.9 Å². The number of nitrogens with one attached hydrogen (secondary N) is 1. The van der Waals surface area contributed by atoms with Gasteiger partial charge in [0.2, 0.25) is 0 Å². The van der Waals surface area contributed by atoms with Gasteiger partial charge in [0.05, 0.1) is 7.11 Å². The number of hydrogen-bond acceptors (Lipinski definition) is 4. The number of benzene rings is 1. The first-order valence-electron chi connectivity index (χ1n) is 6.44. The molecule has 5 nitrogen and oxygen atoms in total. The number of alkyl carbamates (subject to hydrolysis) is 1. The van der Waals surface area contributed by atoms with Gasteiger partial charge < -0.3 is 14.8 Å². The second-order valence-corrected chi connectivity index (χ2v) is 5.36. The van der Waals surface area contributed by atoms with Gasteiger partial charge in [0.1, 0.15) is 17.6 Å². The zero-order valence-corrected chi connectivity index (χ0v) is 12.4. The van der Waals surface area contributed by atoms with Crippen LogP contribution in [0.5, 0.6) is 5.75 Å². The summed E-state index contributed by atoms with van der Waals surface area (Å²) >= 11 is 0. The van der Waals surface area contributed by atoms with Crippen LogP contribution in [0.15, 0.2) is 18.2 Å². The SMILES string of the molecule is COc1ccc(CCNC(=O)OC(C)(C)C)c(C=O)c1. The molecule has 0 fully saturated rings. The van der Waals surface area contributed by atoms with Crippen molar-refractivity contribution in [2.24, 2.45) is 0 Å². The number of ether oxygens (including phenoxy) is 2. The maximum absolute atomic E-state index is 11.5. The Kier molecular flexibility index (Phi) is 5.55. The van der Waals surface area contributed by atoms with E-state index in [1.807, 2.05) is 6.07 Å². The molecular weight excluding hydrogens is 258 g/mol. The van der Waals surface area contributed by atoms with Crippen LogP contribution in [0, 0.1) is 0 Å². The average Bonchev–Trinajstić information content (AvgIpc) is 2.36. The third kappa shape index (κ3) is 5.30. The highest BCUT2D eigenvalue weighted by Crippen LogP contribution is 2.16. The Morgan fingerprint density at radius 3 is 2.60 bits per heavy atom. The summed E-state index contributed by atoms with van der Waals surface area (Å²) in [5, 5.41) is 2.66. The van der Waals surface area contributed by atoms with Gasteiger partial charge in [-0.1, -0.05) is 6.07 Å². The van der Waals surface area contributed by atoms with E-state index >= 15 is 0 Å². The maximum atomic E-state index is 11.5. The van der Waals surface area contributed by atoms with Crippen molar-refractivity contribution < 1.29 is 19.1 Å². The summed E-state index contributed by atoms with van der Waals surface area (Å²) in [4.78, 5) is 22.5. The van der Waals surface area contributed by atoms with Crippen molar-refractivity contribution in [3.63, 3.8) is 0 Å². The van der Waals surface area contributed by atoms with E-state index < -0.39 is 11.7 Å². The Morgan fingerprint density at radius 2 is 2.05 bits per heavy atom. The molecule has 0 heterocycles. The monoisotopic (exact) mass is 279 g/mol. The minimum absolute atomic E-state index is 0.405. The Balaban J connectivity index is 2.54. The van der Waals surface area contributed by atoms with Gasteiger partial charge in [-0.25, -0.2) is 4.79 Å². The zero-order valence-electron chi connectivity index (χ0n) is 12.4. The fourth-order valence-corrected chi connectivity index (χ4v) is 1.65. The van der Waals surface area contributed by atoms with Crippen LogP contribution in [0.25, 0.3) is 0 Å². The van der Waals surface area contributed by atoms with Crippen LogP contribution in [-0.4, -0.2) is 31.6 Å². The maximum Gasteiger partial charge on any atom is 0.407 e. The fourth-order valence-electron chi connectivity index (χ4n) is 1.65. The van der Waals surface area contributed by atoms with Crippen LogP contribution in [0.1, 0.15) is 36.7 Å². The van der Waals surface area contributed by atoms with Gasteiger partial charge in [-0.2, -0.15) is 0 Å². The lowest BCUT2D eigenvalue weighted by Gasteiger charge is -2.19. The lowest BCUT2D eigenvalue weighted by molar-refractivity contribution is 0.0528. The van der Waals surface area contributed by atoms with Gasteiger partial charge >= 0.3 is 6.09 Å². The van der Waals surface area contributed by atoms with E-state index in [2.05, 4.69) is 5.32 Å². The summed E-state index contributed by atoms with van der Waals surface area (Å²) in [6, 6.07) is 5.28. The summed E-state index contributed by atoms with van der Waals surface area (Å²) < 4.78 is 10.2. The molecule has 0 aliphatic heterocycles. The van der Waals surface area contributed by atoms with Crippen molar-refractivity contribution in [3.8, 4) is 5.75 Å². The number of methoxy groups -OCH3 is 1. The van der Waals surface area contributed by atoms with Crippen molar-refractivity contribution in [2.75, 3.05) is 13.7 Å². The van der Waals surface area contributed by atoms with E-state index in [1.165, 1.54) is 0 Å². The normalized spacial score (nSPS) is 10.8. The van der Waals surface area contributed by atoms with Crippen molar-refractivity contribution in [1.82, 2.24) is 5.32 Å². The third-order valence-corrected chi connectivity index (χ3v) is 2.54. The summed E-state index contributed by atoms with van der Waals surface area (Å²) in [7, 11) is 1.55. The highest BCUT2D eigenvalue weighted by atomic mass is 16.6. The van der Waals surface area contributed by atoms with Gasteiger partial charge in [0, 0.05) is 12.1 Å². The molecule has 5 heteroatoms. The first-order valence-corrected chi connectivity index (χ1v) is 6.44. The van der Waals surface area contributed by atoms with Crippen LogP contribution < -0.4 is 10.1 Å². The van der Waals surface area contributed by atoms with Crippen LogP contribution >= 0.6 is 0 Å². The smallest absolute Gasteiger partial charge is 0.407 e. The van der Waals surface area contributed by atoms with Gasteiger partial charge in [-0.3, -0.25) is 4.79 Å². The number of hydrogen-bond donors (Lipinski definition) is 1. The predicted molar refractivity (Wildman–Crippen MR) is 76.3 cm³/mol. The fraction of sp³-hybridized carbons (Fsp3) is 0.467. The van der Waals surface area contributed by atoms with E-state index in [4.69, 9.17) is 9.47 Å². The van der Waals surface area contributed by atoms with Gasteiger partial charge in [0.25, 0.3) is 0 Å². The van der Waals surface area contributed by atoms with E-state index in [1.54, 1.807) is 40.0 Å². The molecule has 0 bridgehead atoms. The zero-order chi connectivity index (χ0) is 15.2. The highest BCUT2D eigenvalue weighted by molar-refractivity contribution is 5.78. The lowest BCUT2D eigenvalue weighted by atomic mass is 10.1. The molecular formula is C15H21NO4. The molecule has 1 aromatic rings. The van der Waals surface area contributed by atoms with Crippen molar-refractivity contribution >= 4 is 12.4 Å². The van der Waals surface area contributed by atoms with E-state index in [0.717, 1.165) is 11.8 Å². The van der Waals surface area contributed by atoms with E-state index in [9.17, 15) is 9.59 Å². The molecule has 0 unspecified atom stereocenters. The lowest BCUT2D eigenvalue weighted by Crippen LogP contribution is -2.33. The second-order valence-electron chi connectivity index (χ2n) is 5.36. The molecule has 0 radical (unpaired) electrons. The molecule has 0 aliphatic carbocycles. The largest absolute Gasteiger partial charge is 0.497 e. The number of carbonyl (C=O) groups excluding carboxylic acids is 2. The minimum Gasteiger partial charge on any atom is -0.497 e. The van der Waals surface area contributed by atoms with Gasteiger partial charge in [0.15, 0.2) is 0 Å². The van der Waals surface area contributed by atoms with Crippen LogP contribution in [0.2, 0.25) is 0 Å². The first kappa shape index (κ1) is 16.0. The second kappa shape index (κ2) is 6.93. The Morgan fingerprint density at radius 1 is 1.35 bits per heavy atom. The molecule has 0 spiro atoms. The number of rotatable bonds is 5. The molecule has 0 saturated carbocycles. The van der Waals surface area contributed by atoms with E-state index in [-0.39, 0.29) is 0 Å². The molecule has 20 heavy (non-hydrogen) atoms. The molecule has 0 atom stereocenters. The topological polar surface area (TPSA) is 64.6 Å². The predicted octanol–water partition coefficient (Wildman–Crippen LogP) is 2.57. The Bertz CT molecular complexity index is 477. The summed E-state index contributed by atoms with van der Waals surface area (Å²) in [5.74, 6) is 0.635. The summed E-state index contributed by atoms with van der Waals surface area (Å²) in [6.45, 7) is 5.82. The highest BCUT2D eigenvalue weighted by Gasteiger charge is 2.15.